The zero-order valence-electron chi connectivity index (χ0n) is 13.1. The second-order valence-corrected chi connectivity index (χ2v) is 5.39. The van der Waals surface area contributed by atoms with Crippen LogP contribution in [0.1, 0.15) is 13.8 Å². The fourth-order valence-electron chi connectivity index (χ4n) is 1.66. The minimum atomic E-state index is -5.56. The Morgan fingerprint density at radius 1 is 1.04 bits per heavy atom. The van der Waals surface area contributed by atoms with Crippen molar-refractivity contribution in [1.82, 2.24) is 5.32 Å². The van der Waals surface area contributed by atoms with Crippen LogP contribution < -0.4 is 20.8 Å². The van der Waals surface area contributed by atoms with Gasteiger partial charge in [0.15, 0.2) is 11.3 Å². The monoisotopic (exact) mass is 390 g/mol. The zero-order valence-corrected chi connectivity index (χ0v) is 13.1. The van der Waals surface area contributed by atoms with Crippen LogP contribution in [0.3, 0.4) is 0 Å². The van der Waals surface area contributed by atoms with Crippen molar-refractivity contribution in [2.24, 2.45) is 0 Å². The van der Waals surface area contributed by atoms with Gasteiger partial charge < -0.3 is 15.4 Å². The minimum absolute atomic E-state index is 0.0304. The summed E-state index contributed by atoms with van der Waals surface area (Å²) in [4.78, 5) is 11.7. The van der Waals surface area contributed by atoms with E-state index in [9.17, 15) is 39.9 Å². The normalized spacial score (nSPS) is 15.2. The van der Waals surface area contributed by atoms with Gasteiger partial charge in [0.1, 0.15) is 7.85 Å². The molecule has 13 heteroatoms. The van der Waals surface area contributed by atoms with Crippen LogP contribution in [0.15, 0.2) is 18.2 Å². The number of carbonyl (C=O) groups is 1. The van der Waals surface area contributed by atoms with Gasteiger partial charge in [-0.1, -0.05) is 11.5 Å². The Hall–Kier alpha value is -2.21. The number of hydrogen-bond donors (Lipinski definition) is 2. The summed E-state index contributed by atoms with van der Waals surface area (Å²) in [6.45, 7) is -0.0368. The number of halogens is 8. The van der Waals surface area contributed by atoms with Gasteiger partial charge >= 0.3 is 18.6 Å². The second-order valence-electron chi connectivity index (χ2n) is 5.39. The van der Waals surface area contributed by atoms with E-state index in [-0.39, 0.29) is 19.3 Å². The molecule has 0 aromatic heterocycles. The van der Waals surface area contributed by atoms with Gasteiger partial charge in [-0.3, -0.25) is 0 Å². The van der Waals surface area contributed by atoms with E-state index in [0.717, 1.165) is 17.4 Å². The number of amides is 2. The van der Waals surface area contributed by atoms with E-state index >= 15 is 0 Å². The molecule has 2 N–H and O–H groups in total. The lowest BCUT2D eigenvalue weighted by Crippen LogP contribution is -2.66. The number of urea groups is 1. The number of hydrogen-bond acceptors (Lipinski definition) is 2. The molecule has 0 fully saturated rings. The average molecular weight is 390 g/mol. The Morgan fingerprint density at radius 3 is 2.00 bits per heavy atom. The summed E-state index contributed by atoms with van der Waals surface area (Å²) in [6, 6.07) is 0.616. The average Bonchev–Trinajstić information content (AvgIpc) is 2.37. The molecule has 0 aliphatic rings. The van der Waals surface area contributed by atoms with Crippen LogP contribution >= 0.6 is 0 Å². The van der Waals surface area contributed by atoms with E-state index in [1.165, 1.54) is 0 Å². The summed E-state index contributed by atoms with van der Waals surface area (Å²) < 4.78 is 106. The highest BCUT2D eigenvalue weighted by molar-refractivity contribution is 6.32. The molecule has 0 spiro atoms. The maximum absolute atomic E-state index is 13.4. The molecule has 1 aromatic carbocycles. The minimum Gasteiger partial charge on any atom is -0.404 e. The fourth-order valence-corrected chi connectivity index (χ4v) is 1.66. The number of benzene rings is 1. The smallest absolute Gasteiger partial charge is 0.404 e. The molecule has 0 bridgehead atoms. The van der Waals surface area contributed by atoms with Gasteiger partial charge in [0.25, 0.3) is 5.92 Å². The number of anilines is 1. The molecule has 0 aliphatic heterocycles. The van der Waals surface area contributed by atoms with E-state index in [1.807, 2.05) is 0 Å². The first-order valence-electron chi connectivity index (χ1n) is 6.65. The number of ether oxygens (including phenoxy) is 1. The van der Waals surface area contributed by atoms with Gasteiger partial charge in [0.05, 0.1) is 5.69 Å². The standard InChI is InChI=1S/C13H11BF8N2O2/c1-10(11(2,15)16,12(17,18)19)24-9(25)23-7-4-3-6(14)5-8(7)26-13(20,21)22/h3-5H,1-2H3,(H2,23,24,25). The fraction of sp³-hybridized carbons (Fsp3) is 0.462. The molecule has 144 valence electrons. The molecule has 1 aromatic rings. The molecule has 26 heavy (non-hydrogen) atoms. The van der Waals surface area contributed by atoms with E-state index in [4.69, 9.17) is 7.85 Å². The molecule has 2 radical (unpaired) electrons. The van der Waals surface area contributed by atoms with Gasteiger partial charge in [0.2, 0.25) is 0 Å². The van der Waals surface area contributed by atoms with Crippen LogP contribution in [0.4, 0.5) is 45.6 Å². The largest absolute Gasteiger partial charge is 0.573 e. The lowest BCUT2D eigenvalue weighted by molar-refractivity contribution is -0.274. The Balaban J connectivity index is 3.11. The van der Waals surface area contributed by atoms with Crippen molar-refractivity contribution in [3.8, 4) is 5.75 Å². The molecule has 1 atom stereocenters. The Bertz CT molecular complexity index is 656. The van der Waals surface area contributed by atoms with Crippen LogP contribution in [0.2, 0.25) is 0 Å². The topological polar surface area (TPSA) is 50.4 Å². The molecule has 0 saturated carbocycles. The summed E-state index contributed by atoms with van der Waals surface area (Å²) in [5, 5.41) is 2.63. The SMILES string of the molecule is [B]c1ccc(NC(=O)NC(C)(C(C)(F)F)C(F)(F)F)c(OC(F)(F)F)c1. The van der Waals surface area contributed by atoms with E-state index in [1.54, 1.807) is 5.32 Å². The molecule has 2 amide bonds. The van der Waals surface area contributed by atoms with Crippen LogP contribution in [-0.2, 0) is 0 Å². The summed E-state index contributed by atoms with van der Waals surface area (Å²) in [6.07, 6.45) is -10.8. The predicted molar refractivity (Wildman–Crippen MR) is 75.7 cm³/mol. The third kappa shape index (κ3) is 5.15. The van der Waals surface area contributed by atoms with E-state index in [2.05, 4.69) is 4.74 Å². The van der Waals surface area contributed by atoms with Gasteiger partial charge in [-0.15, -0.1) is 13.2 Å². The lowest BCUT2D eigenvalue weighted by atomic mass is 9.94. The predicted octanol–water partition coefficient (Wildman–Crippen LogP) is 3.48. The highest BCUT2D eigenvalue weighted by atomic mass is 19.4. The molecule has 0 aliphatic carbocycles. The van der Waals surface area contributed by atoms with E-state index < -0.39 is 41.5 Å². The number of carbonyl (C=O) groups excluding carboxylic acids is 1. The third-order valence-electron chi connectivity index (χ3n) is 3.29. The first kappa shape index (κ1) is 21.8. The van der Waals surface area contributed by atoms with Gasteiger partial charge in [-0.25, -0.2) is 13.6 Å². The molecule has 0 saturated heterocycles. The number of rotatable bonds is 4. The van der Waals surface area contributed by atoms with Crippen molar-refractivity contribution in [2.45, 2.75) is 37.8 Å². The number of nitrogens with one attached hydrogen (secondary N) is 2. The van der Waals surface area contributed by atoms with Gasteiger partial charge in [-0.05, 0) is 19.1 Å². The van der Waals surface area contributed by atoms with Crippen LogP contribution in [0.25, 0.3) is 0 Å². The molecule has 1 rings (SSSR count). The Morgan fingerprint density at radius 2 is 1.58 bits per heavy atom. The maximum Gasteiger partial charge on any atom is 0.573 e. The molecular formula is C13H11BF8N2O2. The van der Waals surface area contributed by atoms with Crippen molar-refractivity contribution in [1.29, 1.82) is 0 Å². The van der Waals surface area contributed by atoms with Crippen LogP contribution in [0, 0.1) is 0 Å². The van der Waals surface area contributed by atoms with Crippen molar-refractivity contribution in [3.05, 3.63) is 18.2 Å². The van der Waals surface area contributed by atoms with E-state index in [0.29, 0.717) is 6.07 Å². The molecule has 4 nitrogen and oxygen atoms in total. The first-order valence-corrected chi connectivity index (χ1v) is 6.65. The third-order valence-corrected chi connectivity index (χ3v) is 3.29. The quantitative estimate of drug-likeness (QED) is 0.611. The molecular weight excluding hydrogens is 379 g/mol. The van der Waals surface area contributed by atoms with Crippen LogP contribution in [0.5, 0.6) is 5.75 Å². The zero-order chi connectivity index (χ0) is 20.6. The number of alkyl halides is 8. The van der Waals surface area contributed by atoms with Gasteiger partial charge in [0, 0.05) is 6.92 Å². The maximum atomic E-state index is 13.4. The van der Waals surface area contributed by atoms with Crippen molar-refractivity contribution < 1.29 is 44.7 Å². The summed E-state index contributed by atoms with van der Waals surface area (Å²) >= 11 is 0. The van der Waals surface area contributed by atoms with Crippen molar-refractivity contribution >= 4 is 25.0 Å². The second kappa shape index (κ2) is 6.84. The highest BCUT2D eigenvalue weighted by Crippen LogP contribution is 2.41. The van der Waals surface area contributed by atoms with Crippen molar-refractivity contribution in [3.63, 3.8) is 0 Å². The lowest BCUT2D eigenvalue weighted by Gasteiger charge is -2.37. The molecule has 0 heterocycles. The van der Waals surface area contributed by atoms with Crippen molar-refractivity contribution in [2.75, 3.05) is 5.32 Å². The van der Waals surface area contributed by atoms with Gasteiger partial charge in [-0.2, -0.15) is 13.2 Å². The summed E-state index contributed by atoms with van der Waals surface area (Å²) in [5.74, 6) is -5.47. The summed E-state index contributed by atoms with van der Waals surface area (Å²) in [7, 11) is 5.27. The summed E-state index contributed by atoms with van der Waals surface area (Å²) in [5.41, 5.74) is -4.93. The Labute approximate surface area is 143 Å². The first-order chi connectivity index (χ1) is 11.5. The Kier molecular flexibility index (Phi) is 5.74. The molecule has 1 unspecified atom stereocenters. The van der Waals surface area contributed by atoms with Crippen LogP contribution in [-0.4, -0.2) is 37.9 Å². The highest BCUT2D eigenvalue weighted by Gasteiger charge is 2.65.